The monoisotopic (exact) mass is 434 g/mol. The van der Waals surface area contributed by atoms with Crippen molar-refractivity contribution in [3.63, 3.8) is 0 Å². The third-order valence-electron chi connectivity index (χ3n) is 5.28. The van der Waals surface area contributed by atoms with Gasteiger partial charge in [-0.25, -0.2) is 4.79 Å². The van der Waals surface area contributed by atoms with E-state index in [0.717, 1.165) is 30.5 Å². The molecule has 0 saturated carbocycles. The van der Waals surface area contributed by atoms with Crippen molar-refractivity contribution in [1.82, 2.24) is 9.13 Å². The number of benzene rings is 2. The van der Waals surface area contributed by atoms with E-state index in [2.05, 4.69) is 0 Å². The van der Waals surface area contributed by atoms with E-state index in [1.54, 1.807) is 6.20 Å². The molecule has 6 heteroatoms. The average Bonchev–Trinajstić information content (AvgIpc) is 2.81. The maximum Gasteiger partial charge on any atom is 0.335 e. The molecule has 0 unspecified atom stereocenters. The van der Waals surface area contributed by atoms with Gasteiger partial charge in [-0.3, -0.25) is 18.7 Å². The molecule has 0 aliphatic carbocycles. The van der Waals surface area contributed by atoms with Crippen molar-refractivity contribution in [1.29, 1.82) is 0 Å². The minimum absolute atomic E-state index is 0.120. The first-order valence-electron chi connectivity index (χ1n) is 11.1. The minimum atomic E-state index is -0.341. The zero-order valence-electron chi connectivity index (χ0n) is 18.7. The standard InChI is InChI=1S/C26H30N2O4/c1-20(2)25(30)32-18-12-4-3-11-17-27-24(29)23(21-13-7-5-8-14-21)19-28(26(27)31)22-15-9-6-10-16-22/h5-10,13-16,19-20H,3-4,11-12,17-18H2,1-2H3. The van der Waals surface area contributed by atoms with Crippen molar-refractivity contribution in [2.45, 2.75) is 46.1 Å². The Morgan fingerprint density at radius 2 is 1.50 bits per heavy atom. The fraction of sp³-hybridized carbons (Fsp3) is 0.346. The Hall–Kier alpha value is -3.41. The molecule has 32 heavy (non-hydrogen) atoms. The van der Waals surface area contributed by atoms with Gasteiger partial charge in [0.15, 0.2) is 0 Å². The number of ether oxygens (including phenoxy) is 1. The summed E-state index contributed by atoms with van der Waals surface area (Å²) in [5, 5.41) is 0. The summed E-state index contributed by atoms with van der Waals surface area (Å²) in [7, 11) is 0. The molecule has 168 valence electrons. The second kappa shape index (κ2) is 11.3. The summed E-state index contributed by atoms with van der Waals surface area (Å²) in [6.45, 7) is 4.37. The van der Waals surface area contributed by atoms with Gasteiger partial charge in [-0.1, -0.05) is 68.8 Å². The molecule has 0 saturated heterocycles. The van der Waals surface area contributed by atoms with Crippen LogP contribution >= 0.6 is 0 Å². The van der Waals surface area contributed by atoms with E-state index in [0.29, 0.717) is 25.1 Å². The predicted octanol–water partition coefficient (Wildman–Crippen LogP) is 4.43. The highest BCUT2D eigenvalue weighted by Gasteiger charge is 2.14. The van der Waals surface area contributed by atoms with Gasteiger partial charge in [0.1, 0.15) is 0 Å². The maximum absolute atomic E-state index is 13.2. The number of carbonyl (C=O) groups excluding carboxylic acids is 1. The van der Waals surface area contributed by atoms with Crippen LogP contribution in [-0.4, -0.2) is 21.7 Å². The van der Waals surface area contributed by atoms with Gasteiger partial charge in [-0.15, -0.1) is 0 Å². The van der Waals surface area contributed by atoms with E-state index in [1.807, 2.05) is 74.5 Å². The van der Waals surface area contributed by atoms with Crippen molar-refractivity contribution >= 4 is 5.97 Å². The molecule has 0 bridgehead atoms. The zero-order chi connectivity index (χ0) is 22.9. The molecule has 2 aromatic carbocycles. The van der Waals surface area contributed by atoms with E-state index in [4.69, 9.17) is 4.74 Å². The molecular weight excluding hydrogens is 404 g/mol. The number of hydrogen-bond donors (Lipinski definition) is 0. The molecule has 1 aromatic heterocycles. The normalized spacial score (nSPS) is 11.0. The lowest BCUT2D eigenvalue weighted by Gasteiger charge is -2.13. The van der Waals surface area contributed by atoms with Gasteiger partial charge in [0.25, 0.3) is 5.56 Å². The average molecular weight is 435 g/mol. The van der Waals surface area contributed by atoms with Crippen LogP contribution in [0.3, 0.4) is 0 Å². The zero-order valence-corrected chi connectivity index (χ0v) is 18.7. The topological polar surface area (TPSA) is 70.3 Å². The fourth-order valence-electron chi connectivity index (χ4n) is 3.45. The Labute approximate surface area is 188 Å². The van der Waals surface area contributed by atoms with Crippen LogP contribution < -0.4 is 11.2 Å². The molecular formula is C26H30N2O4. The molecule has 0 aliphatic rings. The molecule has 0 radical (unpaired) electrons. The van der Waals surface area contributed by atoms with Crippen LogP contribution in [0, 0.1) is 5.92 Å². The smallest absolute Gasteiger partial charge is 0.335 e. The molecule has 0 fully saturated rings. The Morgan fingerprint density at radius 3 is 2.16 bits per heavy atom. The van der Waals surface area contributed by atoms with E-state index in [1.165, 1.54) is 9.13 Å². The van der Waals surface area contributed by atoms with Crippen LogP contribution in [0.1, 0.15) is 39.5 Å². The highest BCUT2D eigenvalue weighted by molar-refractivity contribution is 5.71. The van der Waals surface area contributed by atoms with E-state index < -0.39 is 0 Å². The van der Waals surface area contributed by atoms with Gasteiger partial charge >= 0.3 is 11.7 Å². The highest BCUT2D eigenvalue weighted by atomic mass is 16.5. The summed E-state index contributed by atoms with van der Waals surface area (Å²) in [5.41, 5.74) is 1.37. The number of rotatable bonds is 10. The molecule has 0 N–H and O–H groups in total. The van der Waals surface area contributed by atoms with Crippen LogP contribution in [0.4, 0.5) is 0 Å². The number of aromatic nitrogens is 2. The molecule has 6 nitrogen and oxygen atoms in total. The van der Waals surface area contributed by atoms with Crippen molar-refractivity contribution in [2.75, 3.05) is 6.61 Å². The summed E-state index contributed by atoms with van der Waals surface area (Å²) in [6, 6.07) is 18.7. The SMILES string of the molecule is CC(C)C(=O)OCCCCCCn1c(=O)c(-c2ccccc2)cn(-c2ccccc2)c1=O. The van der Waals surface area contributed by atoms with Gasteiger partial charge in [0.2, 0.25) is 0 Å². The van der Waals surface area contributed by atoms with Crippen LogP contribution in [0.15, 0.2) is 76.4 Å². The Morgan fingerprint density at radius 1 is 0.875 bits per heavy atom. The van der Waals surface area contributed by atoms with Gasteiger partial charge in [-0.05, 0) is 37.0 Å². The van der Waals surface area contributed by atoms with Gasteiger partial charge in [0, 0.05) is 12.7 Å². The first kappa shape index (κ1) is 23.3. The van der Waals surface area contributed by atoms with Crippen LogP contribution in [-0.2, 0) is 16.1 Å². The maximum atomic E-state index is 13.2. The first-order chi connectivity index (χ1) is 15.5. The Balaban J connectivity index is 1.76. The highest BCUT2D eigenvalue weighted by Crippen LogP contribution is 2.15. The van der Waals surface area contributed by atoms with E-state index >= 15 is 0 Å². The quantitative estimate of drug-likeness (QED) is 0.350. The molecule has 3 rings (SSSR count). The van der Waals surface area contributed by atoms with Crippen molar-refractivity contribution < 1.29 is 9.53 Å². The third kappa shape index (κ3) is 5.84. The van der Waals surface area contributed by atoms with E-state index in [-0.39, 0.29) is 23.1 Å². The Bertz CT molecular complexity index is 1060. The molecule has 1 heterocycles. The first-order valence-corrected chi connectivity index (χ1v) is 11.1. The fourth-order valence-corrected chi connectivity index (χ4v) is 3.45. The predicted molar refractivity (Wildman–Crippen MR) is 126 cm³/mol. The van der Waals surface area contributed by atoms with Crippen molar-refractivity contribution in [3.05, 3.63) is 87.7 Å². The summed E-state index contributed by atoms with van der Waals surface area (Å²) in [6.07, 6.45) is 4.80. The molecule has 0 amide bonds. The summed E-state index contributed by atoms with van der Waals surface area (Å²) >= 11 is 0. The van der Waals surface area contributed by atoms with Crippen LogP contribution in [0.5, 0.6) is 0 Å². The number of para-hydroxylation sites is 1. The molecule has 0 aliphatic heterocycles. The Kier molecular flexibility index (Phi) is 8.20. The van der Waals surface area contributed by atoms with Gasteiger partial charge in [-0.2, -0.15) is 0 Å². The number of esters is 1. The largest absolute Gasteiger partial charge is 0.465 e. The molecule has 0 atom stereocenters. The lowest BCUT2D eigenvalue weighted by Crippen LogP contribution is -2.39. The summed E-state index contributed by atoms with van der Waals surface area (Å²) < 4.78 is 8.05. The van der Waals surface area contributed by atoms with Gasteiger partial charge < -0.3 is 4.74 Å². The van der Waals surface area contributed by atoms with Crippen molar-refractivity contribution in [3.8, 4) is 16.8 Å². The summed E-state index contributed by atoms with van der Waals surface area (Å²) in [4.78, 5) is 37.8. The molecule has 3 aromatic rings. The number of carbonyl (C=O) groups is 1. The van der Waals surface area contributed by atoms with Gasteiger partial charge in [0.05, 0.1) is 23.8 Å². The minimum Gasteiger partial charge on any atom is -0.465 e. The lowest BCUT2D eigenvalue weighted by atomic mass is 10.1. The van der Waals surface area contributed by atoms with Crippen LogP contribution in [0.2, 0.25) is 0 Å². The second-order valence-electron chi connectivity index (χ2n) is 8.09. The number of hydrogen-bond acceptors (Lipinski definition) is 4. The summed E-state index contributed by atoms with van der Waals surface area (Å²) in [5.74, 6) is -0.304. The van der Waals surface area contributed by atoms with Crippen LogP contribution in [0.25, 0.3) is 16.8 Å². The lowest BCUT2D eigenvalue weighted by molar-refractivity contribution is -0.147. The molecule has 0 spiro atoms. The van der Waals surface area contributed by atoms with Crippen molar-refractivity contribution in [2.24, 2.45) is 5.92 Å². The van der Waals surface area contributed by atoms with E-state index in [9.17, 15) is 14.4 Å². The number of nitrogens with zero attached hydrogens (tertiary/aromatic N) is 2. The third-order valence-corrected chi connectivity index (χ3v) is 5.28. The second-order valence-corrected chi connectivity index (χ2v) is 8.09. The number of unbranched alkanes of at least 4 members (excludes halogenated alkanes) is 3.